The van der Waals surface area contributed by atoms with Crippen LogP contribution in [-0.4, -0.2) is 63.0 Å². The zero-order valence-electron chi connectivity index (χ0n) is 26.1. The van der Waals surface area contributed by atoms with Crippen LogP contribution >= 0.6 is 11.6 Å². The van der Waals surface area contributed by atoms with Crippen molar-refractivity contribution in [2.75, 3.05) is 33.3 Å². The van der Waals surface area contributed by atoms with Crippen LogP contribution in [0, 0.1) is 5.92 Å². The zero-order chi connectivity index (χ0) is 33.5. The molecule has 0 N–H and O–H groups in total. The summed E-state index contributed by atoms with van der Waals surface area (Å²) in [5, 5.41) is 0.310. The van der Waals surface area contributed by atoms with Crippen LogP contribution in [0.25, 0.3) is 0 Å². The molecule has 0 saturated carbocycles. The Morgan fingerprint density at radius 1 is 0.872 bits per heavy atom. The Morgan fingerprint density at radius 2 is 1.57 bits per heavy atom. The summed E-state index contributed by atoms with van der Waals surface area (Å²) in [5.41, 5.74) is -0.488. The van der Waals surface area contributed by atoms with Gasteiger partial charge in [-0.3, -0.25) is 9.59 Å². The second-order valence-corrected chi connectivity index (χ2v) is 11.6. The van der Waals surface area contributed by atoms with Gasteiger partial charge in [0.1, 0.15) is 22.6 Å². The number of rotatable bonds is 8. The molecule has 0 radical (unpaired) electrons. The van der Waals surface area contributed by atoms with Crippen LogP contribution in [-0.2, 0) is 40.6 Å². The van der Waals surface area contributed by atoms with Crippen molar-refractivity contribution in [3.05, 3.63) is 130 Å². The van der Waals surface area contributed by atoms with Gasteiger partial charge < -0.3 is 28.7 Å². The third-order valence-corrected chi connectivity index (χ3v) is 9.11. The Labute approximate surface area is 276 Å². The van der Waals surface area contributed by atoms with Crippen molar-refractivity contribution in [3.63, 3.8) is 0 Å². The Kier molecular flexibility index (Phi) is 8.38. The van der Waals surface area contributed by atoms with E-state index in [1.54, 1.807) is 59.5 Å². The number of anilines is 1. The highest BCUT2D eigenvalue weighted by Gasteiger charge is 2.68. The van der Waals surface area contributed by atoms with Gasteiger partial charge in [-0.05, 0) is 65.7 Å². The van der Waals surface area contributed by atoms with Crippen LogP contribution in [0.1, 0.15) is 21.5 Å². The minimum Gasteiger partial charge on any atom is -0.497 e. The van der Waals surface area contributed by atoms with Gasteiger partial charge in [-0.25, -0.2) is 9.59 Å². The number of hydrogen-bond donors (Lipinski definition) is 0. The predicted molar refractivity (Wildman–Crippen MR) is 172 cm³/mol. The molecule has 1 spiro atoms. The van der Waals surface area contributed by atoms with Gasteiger partial charge in [0.05, 0.1) is 52.5 Å². The summed E-state index contributed by atoms with van der Waals surface area (Å²) in [6.45, 7) is 0.157. The largest absolute Gasteiger partial charge is 0.497 e. The number of methoxy groups -OCH3 is 4. The maximum absolute atomic E-state index is 15.5. The van der Waals surface area contributed by atoms with E-state index in [2.05, 4.69) is 0 Å². The summed E-state index contributed by atoms with van der Waals surface area (Å²) in [7, 11) is 5.29. The first kappa shape index (κ1) is 31.6. The third-order valence-electron chi connectivity index (χ3n) is 8.88. The summed E-state index contributed by atoms with van der Waals surface area (Å²) in [4.78, 5) is 61.1. The summed E-state index contributed by atoms with van der Waals surface area (Å²) in [6, 6.07) is 19.7. The van der Waals surface area contributed by atoms with Crippen molar-refractivity contribution in [1.82, 2.24) is 4.90 Å². The lowest BCUT2D eigenvalue weighted by molar-refractivity contribution is -0.143. The minimum atomic E-state index is -1.85. The van der Waals surface area contributed by atoms with Gasteiger partial charge in [0.2, 0.25) is 5.91 Å². The smallest absolute Gasteiger partial charge is 0.355 e. The van der Waals surface area contributed by atoms with Crippen LogP contribution in [0.5, 0.6) is 5.75 Å². The molecule has 3 atom stereocenters. The number of allylic oxidation sites excluding steroid dienone is 1. The fraction of sp³-hybridized carbons (Fsp3) is 0.222. The summed E-state index contributed by atoms with van der Waals surface area (Å²) >= 11 is 6.64. The van der Waals surface area contributed by atoms with Gasteiger partial charge in [-0.15, -0.1) is 0 Å². The van der Waals surface area contributed by atoms with Crippen LogP contribution in [0.2, 0.25) is 5.02 Å². The highest BCUT2D eigenvalue weighted by Crippen LogP contribution is 2.58. The minimum absolute atomic E-state index is 0.157. The van der Waals surface area contributed by atoms with Crippen molar-refractivity contribution in [2.45, 2.75) is 18.0 Å². The molecular weight excluding hydrogens is 624 g/mol. The second-order valence-electron chi connectivity index (χ2n) is 11.1. The lowest BCUT2D eigenvalue weighted by Gasteiger charge is -2.51. The molecule has 3 aromatic rings. The number of halogens is 1. The maximum atomic E-state index is 15.5. The van der Waals surface area contributed by atoms with Gasteiger partial charge in [-0.1, -0.05) is 41.9 Å². The SMILES string of the molecule is COC(=O)C1=C(C(=O)OC)N2C=CC(OC)=CC2[C@@]2(C(=O)N(Cc3ccccc3)c3ccc(Cl)cc32)[C@H]1C(=O)c1ccc(OC)cc1. The fourth-order valence-corrected chi connectivity index (χ4v) is 6.99. The monoisotopic (exact) mass is 654 g/mol. The molecule has 0 aliphatic carbocycles. The number of nitrogens with zero attached hydrogens (tertiary/aromatic N) is 2. The van der Waals surface area contributed by atoms with Crippen LogP contribution in [0.3, 0.4) is 0 Å². The van der Waals surface area contributed by atoms with E-state index in [0.29, 0.717) is 27.8 Å². The Hall–Kier alpha value is -5.35. The topological polar surface area (TPSA) is 112 Å². The number of esters is 2. The number of benzene rings is 3. The average molecular weight is 655 g/mol. The van der Waals surface area contributed by atoms with Gasteiger partial charge in [0, 0.05) is 22.5 Å². The standard InChI is InChI=1S/C36H31ClN2O8/c1-44-24-13-10-22(11-14-24)32(40)30-29(33(41)46-3)31(34(42)47-4)38-17-16-25(45-2)19-28(38)36(30)26-18-23(37)12-15-27(26)39(35(36)43)20-21-8-6-5-7-9-21/h5-19,28,30H,20H2,1-4H3/t28?,30-,36-/m1/s1. The number of ether oxygens (including phenoxy) is 4. The number of amides is 1. The summed E-state index contributed by atoms with van der Waals surface area (Å²) < 4.78 is 21.3. The van der Waals surface area contributed by atoms with E-state index in [9.17, 15) is 9.59 Å². The maximum Gasteiger partial charge on any atom is 0.355 e. The van der Waals surface area contributed by atoms with E-state index in [-0.39, 0.29) is 23.4 Å². The van der Waals surface area contributed by atoms with E-state index in [4.69, 9.17) is 30.5 Å². The van der Waals surface area contributed by atoms with E-state index < -0.39 is 41.0 Å². The molecule has 3 heterocycles. The lowest BCUT2D eigenvalue weighted by atomic mass is 9.58. The molecular formula is C36H31ClN2O8. The van der Waals surface area contributed by atoms with Crippen molar-refractivity contribution < 1.29 is 38.1 Å². The molecule has 11 heteroatoms. The van der Waals surface area contributed by atoms with Crippen molar-refractivity contribution in [2.24, 2.45) is 5.92 Å². The quantitative estimate of drug-likeness (QED) is 0.245. The number of carbonyl (C=O) groups is 4. The molecule has 1 amide bonds. The first-order valence-corrected chi connectivity index (χ1v) is 15.1. The number of fused-ring (bicyclic) bond motifs is 4. The lowest BCUT2D eigenvalue weighted by Crippen LogP contribution is -2.64. The molecule has 1 unspecified atom stereocenters. The molecule has 0 fully saturated rings. The average Bonchev–Trinajstić information content (AvgIpc) is 3.33. The van der Waals surface area contributed by atoms with E-state index in [1.807, 2.05) is 30.3 Å². The number of ketones is 1. The first-order chi connectivity index (χ1) is 22.7. The fourth-order valence-electron chi connectivity index (χ4n) is 6.82. The first-order valence-electron chi connectivity index (χ1n) is 14.7. The molecule has 3 aromatic carbocycles. The molecule has 3 aliphatic heterocycles. The van der Waals surface area contributed by atoms with Crippen LogP contribution < -0.4 is 9.64 Å². The second kappa shape index (κ2) is 12.4. The van der Waals surface area contributed by atoms with E-state index >= 15 is 9.59 Å². The summed E-state index contributed by atoms with van der Waals surface area (Å²) in [6.07, 6.45) is 4.79. The van der Waals surface area contributed by atoms with Crippen LogP contribution in [0.4, 0.5) is 5.69 Å². The van der Waals surface area contributed by atoms with Gasteiger partial charge in [0.15, 0.2) is 5.78 Å². The molecule has 10 nitrogen and oxygen atoms in total. The molecule has 0 saturated heterocycles. The highest BCUT2D eigenvalue weighted by atomic mass is 35.5. The number of Topliss-reactive ketones (excluding diaryl/α,β-unsaturated/α-hetero) is 1. The molecule has 0 aromatic heterocycles. The molecule has 0 bridgehead atoms. The molecule has 6 rings (SSSR count). The van der Waals surface area contributed by atoms with Gasteiger partial charge in [-0.2, -0.15) is 0 Å². The Balaban J connectivity index is 1.73. The Morgan fingerprint density at radius 3 is 2.21 bits per heavy atom. The van der Waals surface area contributed by atoms with Gasteiger partial charge in [0.25, 0.3) is 0 Å². The Bertz CT molecular complexity index is 1870. The normalized spacial score (nSPS) is 21.2. The number of carbonyl (C=O) groups excluding carboxylic acids is 4. The predicted octanol–water partition coefficient (Wildman–Crippen LogP) is 4.97. The molecule has 47 heavy (non-hydrogen) atoms. The van der Waals surface area contributed by atoms with Gasteiger partial charge >= 0.3 is 11.9 Å². The highest BCUT2D eigenvalue weighted by molar-refractivity contribution is 6.31. The molecule has 240 valence electrons. The van der Waals surface area contributed by atoms with E-state index in [1.165, 1.54) is 32.4 Å². The van der Waals surface area contributed by atoms with Crippen molar-refractivity contribution in [1.29, 1.82) is 0 Å². The zero-order valence-corrected chi connectivity index (χ0v) is 26.8. The van der Waals surface area contributed by atoms with Crippen molar-refractivity contribution >= 4 is 40.9 Å². The number of hydrogen-bond acceptors (Lipinski definition) is 9. The van der Waals surface area contributed by atoms with Crippen LogP contribution in [0.15, 0.2) is 108 Å². The summed E-state index contributed by atoms with van der Waals surface area (Å²) in [5.74, 6) is -3.64. The third kappa shape index (κ3) is 4.96. The van der Waals surface area contributed by atoms with E-state index in [0.717, 1.165) is 12.7 Å². The van der Waals surface area contributed by atoms with Crippen molar-refractivity contribution in [3.8, 4) is 5.75 Å². The molecule has 3 aliphatic rings.